The quantitative estimate of drug-likeness (QED) is 0.210. The molecule has 2 aromatic carbocycles. The number of carbonyl (C=O) groups is 1. The van der Waals surface area contributed by atoms with E-state index in [1.807, 2.05) is 36.4 Å². The molecule has 4 aromatic rings. The summed E-state index contributed by atoms with van der Waals surface area (Å²) in [6.07, 6.45) is 12.0. The summed E-state index contributed by atoms with van der Waals surface area (Å²) in [6, 6.07) is 20.3. The second-order valence-corrected chi connectivity index (χ2v) is 12.9. The lowest BCUT2D eigenvalue weighted by Crippen LogP contribution is -2.41. The fraction of sp³-hybridized carbons (Fsp3) is 0.457. The molecule has 3 aliphatic carbocycles. The predicted molar refractivity (Wildman–Crippen MR) is 161 cm³/mol. The Hall–Kier alpha value is -3.51. The number of rotatable bonds is 9. The highest BCUT2D eigenvalue weighted by molar-refractivity contribution is 6.01. The van der Waals surface area contributed by atoms with Crippen LogP contribution in [0.25, 0.3) is 22.2 Å². The Kier molecular flexibility index (Phi) is 6.90. The first kappa shape index (κ1) is 26.4. The van der Waals surface area contributed by atoms with Gasteiger partial charge in [-0.05, 0) is 117 Å². The first-order valence-corrected chi connectivity index (χ1v) is 15.5. The van der Waals surface area contributed by atoms with Crippen LogP contribution in [0.3, 0.4) is 0 Å². The van der Waals surface area contributed by atoms with Crippen LogP contribution in [0.15, 0.2) is 66.9 Å². The molecular weight excluding hydrogens is 508 g/mol. The minimum Gasteiger partial charge on any atom is -0.393 e. The van der Waals surface area contributed by atoms with E-state index in [-0.39, 0.29) is 18.1 Å². The summed E-state index contributed by atoms with van der Waals surface area (Å²) in [5.74, 6) is 1.81. The molecule has 6 nitrogen and oxygen atoms in total. The maximum Gasteiger partial charge on any atom is 0.251 e. The normalized spacial score (nSPS) is 26.2. The summed E-state index contributed by atoms with van der Waals surface area (Å²) in [4.78, 5) is 17.8. The number of nitrogens with zero attached hydrogens (tertiary/aromatic N) is 2. The average Bonchev–Trinajstić information content (AvgIpc) is 3.65. The van der Waals surface area contributed by atoms with Crippen molar-refractivity contribution in [2.45, 2.75) is 76.9 Å². The monoisotopic (exact) mass is 548 g/mol. The van der Waals surface area contributed by atoms with Crippen molar-refractivity contribution in [3.8, 4) is 11.3 Å². The summed E-state index contributed by atoms with van der Waals surface area (Å²) < 4.78 is 0. The third kappa shape index (κ3) is 5.07. The number of nitrogens with one attached hydrogen (secondary N) is 2. The summed E-state index contributed by atoms with van der Waals surface area (Å²) in [5.41, 5.74) is 6.14. The van der Waals surface area contributed by atoms with Crippen molar-refractivity contribution in [3.05, 3.63) is 83.7 Å². The summed E-state index contributed by atoms with van der Waals surface area (Å²) in [7, 11) is 0. The molecule has 6 heteroatoms. The topological polar surface area (TPSA) is 90.9 Å². The number of H-pyrrole nitrogens is 1. The first-order valence-electron chi connectivity index (χ1n) is 15.5. The minimum absolute atomic E-state index is 0.0582. The molecule has 3 aliphatic rings. The van der Waals surface area contributed by atoms with Crippen LogP contribution in [0, 0.1) is 23.2 Å². The van der Waals surface area contributed by atoms with Crippen LogP contribution < -0.4 is 5.32 Å². The van der Waals surface area contributed by atoms with Gasteiger partial charge in [-0.15, -0.1) is 0 Å². The molecule has 0 saturated heterocycles. The van der Waals surface area contributed by atoms with Gasteiger partial charge in [0.15, 0.2) is 0 Å². The molecule has 5 atom stereocenters. The van der Waals surface area contributed by atoms with Gasteiger partial charge in [-0.25, -0.2) is 0 Å². The number of hydrogen-bond donors (Lipinski definition) is 3. The van der Waals surface area contributed by atoms with E-state index >= 15 is 0 Å². The van der Waals surface area contributed by atoms with Gasteiger partial charge in [0.1, 0.15) is 0 Å². The number of carbonyl (C=O) groups excluding carboxylic acids is 1. The van der Waals surface area contributed by atoms with Crippen molar-refractivity contribution in [2.75, 3.05) is 0 Å². The Labute approximate surface area is 242 Å². The van der Waals surface area contributed by atoms with Crippen LogP contribution in [-0.4, -0.2) is 32.3 Å². The highest BCUT2D eigenvalue weighted by atomic mass is 16.3. The van der Waals surface area contributed by atoms with Crippen molar-refractivity contribution in [1.29, 1.82) is 0 Å². The zero-order chi connectivity index (χ0) is 28.0. The fourth-order valence-corrected chi connectivity index (χ4v) is 7.78. The van der Waals surface area contributed by atoms with Crippen molar-refractivity contribution < 1.29 is 9.90 Å². The molecule has 3 fully saturated rings. The van der Waals surface area contributed by atoms with Crippen LogP contribution in [0.1, 0.15) is 85.9 Å². The van der Waals surface area contributed by atoms with Crippen LogP contribution >= 0.6 is 0 Å². The molecule has 7 rings (SSSR count). The highest BCUT2D eigenvalue weighted by Gasteiger charge is 2.54. The maximum atomic E-state index is 13.3. The number of amides is 1. The largest absolute Gasteiger partial charge is 0.393 e. The van der Waals surface area contributed by atoms with E-state index in [1.165, 1.54) is 24.8 Å². The minimum atomic E-state index is -0.0993. The molecule has 1 spiro atoms. The van der Waals surface area contributed by atoms with E-state index in [9.17, 15) is 9.90 Å². The van der Waals surface area contributed by atoms with Gasteiger partial charge >= 0.3 is 0 Å². The maximum absolute atomic E-state index is 13.3. The smallest absolute Gasteiger partial charge is 0.251 e. The number of pyridine rings is 1. The number of aromatic nitrogens is 3. The van der Waals surface area contributed by atoms with Crippen LogP contribution in [0.5, 0.6) is 0 Å². The SMILES string of the molecule is CC1CCC12CC(O)CC2CCCc1ccc(-c2n[nH]c3ccc(C(=O)N[C@@H](c4ccccn4)C4CC4)cc23)cc1. The summed E-state index contributed by atoms with van der Waals surface area (Å²) >= 11 is 0. The van der Waals surface area contributed by atoms with Gasteiger partial charge in [0.05, 0.1) is 29.1 Å². The van der Waals surface area contributed by atoms with Crippen LogP contribution in [0.2, 0.25) is 0 Å². The second-order valence-electron chi connectivity index (χ2n) is 12.9. The number of aryl methyl sites for hydroxylation is 1. The number of aliphatic hydroxyl groups is 1. The van der Waals surface area contributed by atoms with E-state index < -0.39 is 0 Å². The van der Waals surface area contributed by atoms with Crippen molar-refractivity contribution >= 4 is 16.8 Å². The molecule has 3 saturated carbocycles. The molecule has 0 aliphatic heterocycles. The van der Waals surface area contributed by atoms with Crippen molar-refractivity contribution in [1.82, 2.24) is 20.5 Å². The van der Waals surface area contributed by atoms with Gasteiger partial charge in [-0.2, -0.15) is 5.10 Å². The van der Waals surface area contributed by atoms with Crippen molar-refractivity contribution in [2.24, 2.45) is 23.2 Å². The van der Waals surface area contributed by atoms with Gasteiger partial charge in [-0.1, -0.05) is 37.3 Å². The standard InChI is InChI=1S/C35H40N4O2/c1-22-16-17-35(22)21-28(40)20-27(35)6-4-5-23-8-10-24(11-9-23)32-29-19-26(14-15-30(29)38-39-32)34(41)37-33(25-12-13-25)31-7-2-3-18-36-31/h2-3,7-11,14-15,18-19,22,25,27-28,33,40H,4-6,12-13,16-17,20-21H2,1H3,(H,37,41)(H,38,39)/t22?,27?,28?,33-,35?/m1/s1. The van der Waals surface area contributed by atoms with E-state index in [0.717, 1.165) is 72.3 Å². The molecule has 2 aromatic heterocycles. The van der Waals surface area contributed by atoms with Gasteiger partial charge in [0, 0.05) is 22.7 Å². The molecule has 0 radical (unpaired) electrons. The molecule has 0 bridgehead atoms. The number of fused-ring (bicyclic) bond motifs is 1. The Balaban J connectivity index is 1.02. The first-order chi connectivity index (χ1) is 20.0. The number of benzene rings is 2. The lowest BCUT2D eigenvalue weighted by molar-refractivity contribution is -0.00892. The number of hydrogen-bond acceptors (Lipinski definition) is 4. The molecule has 3 N–H and O–H groups in total. The summed E-state index contributed by atoms with van der Waals surface area (Å²) in [6.45, 7) is 2.38. The summed E-state index contributed by atoms with van der Waals surface area (Å²) in [5, 5.41) is 22.3. The predicted octanol–water partition coefficient (Wildman–Crippen LogP) is 7.02. The van der Waals surface area contributed by atoms with E-state index in [4.69, 9.17) is 0 Å². The highest BCUT2D eigenvalue weighted by Crippen LogP contribution is 2.61. The molecule has 212 valence electrons. The lowest BCUT2D eigenvalue weighted by atomic mass is 9.55. The Morgan fingerprint density at radius 3 is 2.68 bits per heavy atom. The lowest BCUT2D eigenvalue weighted by Gasteiger charge is -2.50. The molecule has 1 amide bonds. The molecule has 2 heterocycles. The molecule has 41 heavy (non-hydrogen) atoms. The zero-order valence-electron chi connectivity index (χ0n) is 23.9. The van der Waals surface area contributed by atoms with Gasteiger partial charge in [0.2, 0.25) is 0 Å². The third-order valence-corrected chi connectivity index (χ3v) is 10.5. The Bertz CT molecular complexity index is 1530. The van der Waals surface area contributed by atoms with E-state index in [2.05, 4.69) is 51.7 Å². The van der Waals surface area contributed by atoms with Crippen molar-refractivity contribution in [3.63, 3.8) is 0 Å². The number of aromatic amines is 1. The Morgan fingerprint density at radius 2 is 1.98 bits per heavy atom. The van der Waals surface area contributed by atoms with E-state index in [0.29, 0.717) is 22.8 Å². The van der Waals surface area contributed by atoms with Gasteiger partial charge in [0.25, 0.3) is 5.91 Å². The molecule has 4 unspecified atom stereocenters. The van der Waals surface area contributed by atoms with Gasteiger partial charge < -0.3 is 10.4 Å². The van der Waals surface area contributed by atoms with Crippen LogP contribution in [0.4, 0.5) is 0 Å². The zero-order valence-corrected chi connectivity index (χ0v) is 23.9. The average molecular weight is 549 g/mol. The Morgan fingerprint density at radius 1 is 1.12 bits per heavy atom. The van der Waals surface area contributed by atoms with E-state index in [1.54, 1.807) is 6.20 Å². The third-order valence-electron chi connectivity index (χ3n) is 10.5. The molecular formula is C35H40N4O2. The number of aliphatic hydroxyl groups excluding tert-OH is 1. The second kappa shape index (κ2) is 10.7. The van der Waals surface area contributed by atoms with Crippen LogP contribution in [-0.2, 0) is 6.42 Å². The van der Waals surface area contributed by atoms with Gasteiger partial charge in [-0.3, -0.25) is 14.9 Å². The fourth-order valence-electron chi connectivity index (χ4n) is 7.78.